The molecule has 0 atom stereocenters. The van der Waals surface area contributed by atoms with Gasteiger partial charge in [0, 0.05) is 0 Å². The Hall–Kier alpha value is -1.30. The molecule has 0 nitrogen and oxygen atoms in total. The third-order valence-corrected chi connectivity index (χ3v) is 1.97. The second kappa shape index (κ2) is 4.08. The zero-order valence-corrected chi connectivity index (χ0v) is 8.59. The molecule has 0 saturated heterocycles. The molecule has 0 amide bonds. The van der Waals surface area contributed by atoms with E-state index in [1.165, 1.54) is 16.7 Å². The largest absolute Gasteiger partial charge is 0.0961 e. The van der Waals surface area contributed by atoms with Crippen LogP contribution in [0, 0.1) is 6.92 Å². The summed E-state index contributed by atoms with van der Waals surface area (Å²) in [6, 6.07) is 8.55. The van der Waals surface area contributed by atoms with Gasteiger partial charge in [0.1, 0.15) is 0 Å². The first kappa shape index (κ1) is 9.79. The minimum absolute atomic E-state index is 1.10. The van der Waals surface area contributed by atoms with Crippen molar-refractivity contribution in [3.05, 3.63) is 53.6 Å². The van der Waals surface area contributed by atoms with Crippen LogP contribution in [-0.2, 0) is 0 Å². The van der Waals surface area contributed by atoms with Crippen molar-refractivity contribution < 1.29 is 0 Å². The van der Waals surface area contributed by atoms with Gasteiger partial charge in [-0.2, -0.15) is 0 Å². The molecule has 0 aliphatic heterocycles. The smallest absolute Gasteiger partial charge is 0.0227 e. The first-order valence-electron chi connectivity index (χ1n) is 4.50. The molecule has 0 heteroatoms. The average molecular weight is 172 g/mol. The number of rotatable bonds is 2. The lowest BCUT2D eigenvalue weighted by Gasteiger charge is -2.01. The van der Waals surface area contributed by atoms with Crippen LogP contribution in [-0.4, -0.2) is 0 Å². The summed E-state index contributed by atoms with van der Waals surface area (Å²) >= 11 is 0. The summed E-state index contributed by atoms with van der Waals surface area (Å²) in [5.74, 6) is 0. The van der Waals surface area contributed by atoms with Gasteiger partial charge in [-0.1, -0.05) is 48.1 Å². The van der Waals surface area contributed by atoms with Gasteiger partial charge in [0.05, 0.1) is 0 Å². The molecular weight excluding hydrogens is 156 g/mol. The summed E-state index contributed by atoms with van der Waals surface area (Å²) in [7, 11) is 0. The standard InChI is InChI=1S/C13H16/c1-10(2)9-12(4)13-7-5-11(3)6-8-13/h5-9H,1H2,2-4H3/b12-9+. The molecule has 0 radical (unpaired) electrons. The lowest BCUT2D eigenvalue weighted by molar-refractivity contribution is 1.44. The van der Waals surface area contributed by atoms with Gasteiger partial charge in [-0.15, -0.1) is 0 Å². The Morgan fingerprint density at radius 3 is 2.15 bits per heavy atom. The van der Waals surface area contributed by atoms with Crippen LogP contribution in [0.1, 0.15) is 25.0 Å². The fraction of sp³-hybridized carbons (Fsp3) is 0.231. The summed E-state index contributed by atoms with van der Waals surface area (Å²) < 4.78 is 0. The lowest BCUT2D eigenvalue weighted by atomic mass is 10.0. The second-order valence-corrected chi connectivity index (χ2v) is 3.54. The van der Waals surface area contributed by atoms with Crippen LogP contribution in [0.25, 0.3) is 5.57 Å². The maximum Gasteiger partial charge on any atom is -0.0227 e. The van der Waals surface area contributed by atoms with E-state index >= 15 is 0 Å². The molecule has 0 bridgehead atoms. The third-order valence-electron chi connectivity index (χ3n) is 1.97. The van der Waals surface area contributed by atoms with E-state index in [1.54, 1.807) is 0 Å². The second-order valence-electron chi connectivity index (χ2n) is 3.54. The molecule has 0 aliphatic carbocycles. The summed E-state index contributed by atoms with van der Waals surface area (Å²) in [4.78, 5) is 0. The first-order chi connectivity index (χ1) is 6.09. The van der Waals surface area contributed by atoms with Crippen LogP contribution in [0.3, 0.4) is 0 Å². The maximum absolute atomic E-state index is 3.86. The van der Waals surface area contributed by atoms with Gasteiger partial charge in [0.2, 0.25) is 0 Å². The predicted octanol–water partition coefficient (Wildman–Crippen LogP) is 3.97. The van der Waals surface area contributed by atoms with Crippen LogP contribution >= 0.6 is 0 Å². The summed E-state index contributed by atoms with van der Waals surface area (Å²) in [6.45, 7) is 10.1. The fourth-order valence-electron chi connectivity index (χ4n) is 1.27. The van der Waals surface area contributed by atoms with Gasteiger partial charge in [-0.3, -0.25) is 0 Å². The minimum atomic E-state index is 1.10. The molecular formula is C13H16. The lowest BCUT2D eigenvalue weighted by Crippen LogP contribution is -1.80. The number of benzene rings is 1. The van der Waals surface area contributed by atoms with Crippen molar-refractivity contribution in [2.45, 2.75) is 20.8 Å². The van der Waals surface area contributed by atoms with E-state index in [0.717, 1.165) is 5.57 Å². The SMILES string of the molecule is C=C(C)/C=C(\C)c1ccc(C)cc1. The van der Waals surface area contributed by atoms with Crippen molar-refractivity contribution in [1.29, 1.82) is 0 Å². The van der Waals surface area contributed by atoms with Crippen LogP contribution < -0.4 is 0 Å². The molecule has 1 aromatic carbocycles. The molecule has 0 N–H and O–H groups in total. The molecule has 0 fully saturated rings. The highest BCUT2D eigenvalue weighted by molar-refractivity contribution is 5.66. The van der Waals surface area contributed by atoms with Gasteiger partial charge < -0.3 is 0 Å². The van der Waals surface area contributed by atoms with Crippen molar-refractivity contribution in [2.75, 3.05) is 0 Å². The monoisotopic (exact) mass is 172 g/mol. The number of hydrogen-bond acceptors (Lipinski definition) is 0. The van der Waals surface area contributed by atoms with Crippen molar-refractivity contribution in [1.82, 2.24) is 0 Å². The van der Waals surface area contributed by atoms with Gasteiger partial charge in [-0.25, -0.2) is 0 Å². The average Bonchev–Trinajstić information content (AvgIpc) is 2.04. The third kappa shape index (κ3) is 2.90. The molecule has 0 unspecified atom stereocenters. The van der Waals surface area contributed by atoms with E-state index in [4.69, 9.17) is 0 Å². The van der Waals surface area contributed by atoms with Crippen molar-refractivity contribution in [3.8, 4) is 0 Å². The molecule has 68 valence electrons. The predicted molar refractivity (Wildman–Crippen MR) is 59.6 cm³/mol. The van der Waals surface area contributed by atoms with E-state index < -0.39 is 0 Å². The highest BCUT2D eigenvalue weighted by Gasteiger charge is 1.93. The molecule has 1 aromatic rings. The van der Waals surface area contributed by atoms with Gasteiger partial charge in [0.25, 0.3) is 0 Å². The molecule has 0 spiro atoms. The van der Waals surface area contributed by atoms with Crippen LogP contribution in [0.2, 0.25) is 0 Å². The Morgan fingerprint density at radius 1 is 1.15 bits per heavy atom. The van der Waals surface area contributed by atoms with Gasteiger partial charge in [0.15, 0.2) is 0 Å². The Bertz CT molecular complexity index is 326. The van der Waals surface area contributed by atoms with Crippen molar-refractivity contribution in [2.24, 2.45) is 0 Å². The highest BCUT2D eigenvalue weighted by Crippen LogP contribution is 2.15. The highest BCUT2D eigenvalue weighted by atomic mass is 14.0. The summed E-state index contributed by atoms with van der Waals surface area (Å²) in [5.41, 5.74) is 4.94. The number of aryl methyl sites for hydroxylation is 1. The van der Waals surface area contributed by atoms with E-state index in [9.17, 15) is 0 Å². The molecule has 0 aliphatic rings. The zero-order chi connectivity index (χ0) is 9.84. The van der Waals surface area contributed by atoms with E-state index in [-0.39, 0.29) is 0 Å². The zero-order valence-electron chi connectivity index (χ0n) is 8.59. The Kier molecular flexibility index (Phi) is 3.07. The van der Waals surface area contributed by atoms with Crippen LogP contribution in [0.15, 0.2) is 42.5 Å². The Morgan fingerprint density at radius 2 is 1.69 bits per heavy atom. The molecule has 0 aromatic heterocycles. The number of hydrogen-bond donors (Lipinski definition) is 0. The van der Waals surface area contributed by atoms with E-state index in [1.807, 2.05) is 6.92 Å². The minimum Gasteiger partial charge on any atom is -0.0961 e. The summed E-state index contributed by atoms with van der Waals surface area (Å²) in [5, 5.41) is 0. The Balaban J connectivity index is 2.96. The van der Waals surface area contributed by atoms with Crippen molar-refractivity contribution >= 4 is 5.57 Å². The van der Waals surface area contributed by atoms with E-state index in [2.05, 4.69) is 50.8 Å². The van der Waals surface area contributed by atoms with E-state index in [0.29, 0.717) is 0 Å². The fourth-order valence-corrected chi connectivity index (χ4v) is 1.27. The van der Waals surface area contributed by atoms with Gasteiger partial charge >= 0.3 is 0 Å². The topological polar surface area (TPSA) is 0 Å². The number of allylic oxidation sites excluding steroid dienone is 3. The molecule has 1 rings (SSSR count). The van der Waals surface area contributed by atoms with Gasteiger partial charge in [-0.05, 0) is 31.9 Å². The first-order valence-corrected chi connectivity index (χ1v) is 4.50. The summed E-state index contributed by atoms with van der Waals surface area (Å²) in [6.07, 6.45) is 2.10. The quantitative estimate of drug-likeness (QED) is 0.592. The Labute approximate surface area is 80.6 Å². The maximum atomic E-state index is 3.86. The van der Waals surface area contributed by atoms with Crippen LogP contribution in [0.4, 0.5) is 0 Å². The van der Waals surface area contributed by atoms with Crippen molar-refractivity contribution in [3.63, 3.8) is 0 Å². The molecule has 0 saturated carbocycles. The normalized spacial score (nSPS) is 11.5. The van der Waals surface area contributed by atoms with Crippen LogP contribution in [0.5, 0.6) is 0 Å². The molecule has 13 heavy (non-hydrogen) atoms. The molecule has 0 heterocycles.